The van der Waals surface area contributed by atoms with Gasteiger partial charge in [-0.05, 0) is 45.7 Å². The quantitative estimate of drug-likeness (QED) is 0.913. The van der Waals surface area contributed by atoms with Gasteiger partial charge in [0.2, 0.25) is 0 Å². The first-order chi connectivity index (χ1) is 10.1. The normalized spacial score (nSPS) is 25.4. The topological polar surface area (TPSA) is 49.8 Å². The summed E-state index contributed by atoms with van der Waals surface area (Å²) < 4.78 is 19.1. The number of nitrogens with zero attached hydrogens (tertiary/aromatic N) is 1. The van der Waals surface area contributed by atoms with E-state index >= 15 is 0 Å². The molecule has 1 aromatic carbocycles. The van der Waals surface area contributed by atoms with Crippen LogP contribution in [0, 0.1) is 5.82 Å². The van der Waals surface area contributed by atoms with E-state index in [1.807, 2.05) is 6.92 Å². The number of β-amino-alcohol motifs (C(OH)–C–C–N with tert-alkyl or cyclic N) is 1. The largest absolute Gasteiger partial charge is 0.444 e. The van der Waals surface area contributed by atoms with Gasteiger partial charge in [0.05, 0.1) is 12.1 Å². The van der Waals surface area contributed by atoms with Crippen molar-refractivity contribution in [2.45, 2.75) is 57.8 Å². The monoisotopic (exact) mass is 309 g/mol. The minimum Gasteiger partial charge on any atom is -0.444 e. The molecule has 1 saturated heterocycles. The summed E-state index contributed by atoms with van der Waals surface area (Å²) in [5.74, 6) is -0.334. The summed E-state index contributed by atoms with van der Waals surface area (Å²) in [6.07, 6.45) is 0.147. The van der Waals surface area contributed by atoms with E-state index in [0.29, 0.717) is 12.0 Å². The van der Waals surface area contributed by atoms with E-state index in [1.165, 1.54) is 11.0 Å². The third kappa shape index (κ3) is 3.97. The van der Waals surface area contributed by atoms with Gasteiger partial charge in [0.25, 0.3) is 0 Å². The van der Waals surface area contributed by atoms with Gasteiger partial charge in [0.1, 0.15) is 11.4 Å². The zero-order valence-corrected chi connectivity index (χ0v) is 13.6. The number of amides is 1. The van der Waals surface area contributed by atoms with Crippen LogP contribution in [0.1, 0.15) is 39.7 Å². The summed E-state index contributed by atoms with van der Waals surface area (Å²) in [4.78, 5) is 13.7. The molecule has 1 heterocycles. The molecule has 0 saturated carbocycles. The third-order valence-electron chi connectivity index (χ3n) is 3.78. The molecule has 1 aliphatic heterocycles. The third-order valence-corrected chi connectivity index (χ3v) is 3.78. The summed E-state index contributed by atoms with van der Waals surface area (Å²) in [6, 6.07) is 6.25. The van der Waals surface area contributed by atoms with Crippen LogP contribution in [0.15, 0.2) is 24.3 Å². The Balaban J connectivity index is 2.09. The number of aliphatic hydroxyl groups is 1. The van der Waals surface area contributed by atoms with Crippen LogP contribution >= 0.6 is 0 Å². The van der Waals surface area contributed by atoms with Gasteiger partial charge in [-0.15, -0.1) is 0 Å². The van der Waals surface area contributed by atoms with Gasteiger partial charge in [0.15, 0.2) is 0 Å². The van der Waals surface area contributed by atoms with E-state index in [2.05, 4.69) is 0 Å². The summed E-state index contributed by atoms with van der Waals surface area (Å²) in [6.45, 7) is 7.42. The predicted octanol–water partition coefficient (Wildman–Crippen LogP) is 3.13. The number of hydrogen-bond donors (Lipinski definition) is 1. The molecule has 2 atom stereocenters. The standard InChI is InChI=1S/C17H24FNO3/c1-12-9-17(21,10-13-7-5-6-8-14(13)18)11-19(12)15(20)22-16(2,3)4/h5-8,12,21H,9-11H2,1-4H3/t12-,17-/m0/s1. The first-order valence-electron chi connectivity index (χ1n) is 7.55. The van der Waals surface area contributed by atoms with Crippen molar-refractivity contribution in [2.75, 3.05) is 6.54 Å². The Morgan fingerprint density at radius 3 is 2.68 bits per heavy atom. The number of halogens is 1. The van der Waals surface area contributed by atoms with Crippen molar-refractivity contribution in [3.8, 4) is 0 Å². The lowest BCUT2D eigenvalue weighted by atomic mass is 9.92. The predicted molar refractivity (Wildman–Crippen MR) is 82.1 cm³/mol. The van der Waals surface area contributed by atoms with E-state index in [-0.39, 0.29) is 24.8 Å². The summed E-state index contributed by atoms with van der Waals surface area (Å²) in [5, 5.41) is 10.7. The number of likely N-dealkylation sites (tertiary alicyclic amines) is 1. The first-order valence-corrected chi connectivity index (χ1v) is 7.55. The van der Waals surface area contributed by atoms with Gasteiger partial charge in [-0.2, -0.15) is 0 Å². The highest BCUT2D eigenvalue weighted by Gasteiger charge is 2.44. The molecule has 22 heavy (non-hydrogen) atoms. The molecule has 0 aromatic heterocycles. The van der Waals surface area contributed by atoms with Crippen molar-refractivity contribution in [2.24, 2.45) is 0 Å². The zero-order valence-electron chi connectivity index (χ0n) is 13.6. The second-order valence-corrected chi connectivity index (χ2v) is 7.15. The number of rotatable bonds is 2. The highest BCUT2D eigenvalue weighted by molar-refractivity contribution is 5.69. The molecular weight excluding hydrogens is 285 g/mol. The summed E-state index contributed by atoms with van der Waals surface area (Å²) in [7, 11) is 0. The van der Waals surface area contributed by atoms with Crippen molar-refractivity contribution in [3.05, 3.63) is 35.6 Å². The van der Waals surface area contributed by atoms with E-state index in [9.17, 15) is 14.3 Å². The molecular formula is C17H24FNO3. The van der Waals surface area contributed by atoms with Gasteiger partial charge < -0.3 is 14.7 Å². The molecule has 2 rings (SSSR count). The molecule has 1 aliphatic rings. The average Bonchev–Trinajstić information content (AvgIpc) is 2.66. The number of carbonyl (C=O) groups is 1. The Morgan fingerprint density at radius 1 is 1.45 bits per heavy atom. The van der Waals surface area contributed by atoms with Crippen molar-refractivity contribution in [1.82, 2.24) is 4.90 Å². The highest BCUT2D eigenvalue weighted by Crippen LogP contribution is 2.32. The Morgan fingerprint density at radius 2 is 2.09 bits per heavy atom. The summed E-state index contributed by atoms with van der Waals surface area (Å²) in [5.41, 5.74) is -1.25. The van der Waals surface area contributed by atoms with Crippen molar-refractivity contribution >= 4 is 6.09 Å². The fourth-order valence-electron chi connectivity index (χ4n) is 2.89. The first kappa shape index (κ1) is 16.7. The fourth-order valence-corrected chi connectivity index (χ4v) is 2.89. The van der Waals surface area contributed by atoms with E-state index < -0.39 is 17.3 Å². The summed E-state index contributed by atoms with van der Waals surface area (Å²) >= 11 is 0. The van der Waals surface area contributed by atoms with Gasteiger partial charge in [-0.3, -0.25) is 0 Å². The fraction of sp³-hybridized carbons (Fsp3) is 0.588. The van der Waals surface area contributed by atoms with Crippen molar-refractivity contribution < 1.29 is 19.0 Å². The van der Waals surface area contributed by atoms with E-state index in [0.717, 1.165) is 0 Å². The lowest BCUT2D eigenvalue weighted by Gasteiger charge is -2.27. The number of benzene rings is 1. The molecule has 1 amide bonds. The number of ether oxygens (including phenoxy) is 1. The molecule has 0 unspecified atom stereocenters. The molecule has 1 aromatic rings. The second-order valence-electron chi connectivity index (χ2n) is 7.15. The Hall–Kier alpha value is -1.62. The van der Waals surface area contributed by atoms with Crippen LogP contribution in [-0.2, 0) is 11.2 Å². The minimum atomic E-state index is -1.13. The van der Waals surface area contributed by atoms with Crippen LogP contribution in [-0.4, -0.2) is 39.9 Å². The number of hydrogen-bond acceptors (Lipinski definition) is 3. The van der Waals surface area contributed by atoms with Gasteiger partial charge in [-0.1, -0.05) is 18.2 Å². The van der Waals surface area contributed by atoms with E-state index in [1.54, 1.807) is 39.0 Å². The van der Waals surface area contributed by atoms with Gasteiger partial charge >= 0.3 is 6.09 Å². The molecule has 0 bridgehead atoms. The molecule has 0 spiro atoms. The molecule has 0 aliphatic carbocycles. The average molecular weight is 309 g/mol. The van der Waals surface area contributed by atoms with Crippen molar-refractivity contribution in [3.63, 3.8) is 0 Å². The van der Waals surface area contributed by atoms with Crippen LogP contribution in [0.5, 0.6) is 0 Å². The van der Waals surface area contributed by atoms with Crippen LogP contribution in [0.3, 0.4) is 0 Å². The Bertz CT molecular complexity index is 555. The van der Waals surface area contributed by atoms with Crippen LogP contribution in [0.2, 0.25) is 0 Å². The van der Waals surface area contributed by atoms with Gasteiger partial charge in [0, 0.05) is 12.5 Å². The SMILES string of the molecule is C[C@H]1C[C@](O)(Cc2ccccc2F)CN1C(=O)OC(C)(C)C. The molecule has 0 radical (unpaired) electrons. The maximum Gasteiger partial charge on any atom is 0.410 e. The molecule has 1 N–H and O–H groups in total. The highest BCUT2D eigenvalue weighted by atomic mass is 19.1. The Labute approximate surface area is 130 Å². The second kappa shape index (κ2) is 5.88. The maximum atomic E-state index is 13.8. The van der Waals surface area contributed by atoms with Gasteiger partial charge in [-0.25, -0.2) is 9.18 Å². The van der Waals surface area contributed by atoms with Crippen LogP contribution in [0.4, 0.5) is 9.18 Å². The lowest BCUT2D eigenvalue weighted by Crippen LogP contribution is -2.41. The zero-order chi connectivity index (χ0) is 16.5. The molecule has 122 valence electrons. The van der Waals surface area contributed by atoms with E-state index in [4.69, 9.17) is 4.74 Å². The Kier molecular flexibility index (Phi) is 4.47. The lowest BCUT2D eigenvalue weighted by molar-refractivity contribution is 0.0128. The molecule has 5 heteroatoms. The maximum absolute atomic E-state index is 13.8. The number of carbonyl (C=O) groups excluding carboxylic acids is 1. The minimum absolute atomic E-state index is 0.147. The van der Waals surface area contributed by atoms with Crippen LogP contribution < -0.4 is 0 Å². The molecule has 1 fully saturated rings. The van der Waals surface area contributed by atoms with Crippen molar-refractivity contribution in [1.29, 1.82) is 0 Å². The van der Waals surface area contributed by atoms with Crippen LogP contribution in [0.25, 0.3) is 0 Å². The molecule has 4 nitrogen and oxygen atoms in total. The smallest absolute Gasteiger partial charge is 0.410 e.